The van der Waals surface area contributed by atoms with Crippen LogP contribution in [0.15, 0.2) is 18.2 Å². The number of nitrogens with zero attached hydrogens (tertiary/aromatic N) is 1. The lowest BCUT2D eigenvalue weighted by Gasteiger charge is -2.28. The molecule has 1 amide bonds. The Balaban J connectivity index is 1.76. The van der Waals surface area contributed by atoms with Crippen molar-refractivity contribution >= 4 is 5.91 Å². The van der Waals surface area contributed by atoms with Crippen LogP contribution in [0.1, 0.15) is 29.6 Å². The maximum Gasteiger partial charge on any atom is 0.251 e. The number of phenolic OH excluding ortho intramolecular Hbond substituents is 2. The van der Waals surface area contributed by atoms with Crippen molar-refractivity contribution in [2.24, 2.45) is 5.92 Å². The van der Waals surface area contributed by atoms with Crippen LogP contribution in [0.4, 0.5) is 0 Å². The Hall–Kier alpha value is -1.75. The van der Waals surface area contributed by atoms with Crippen LogP contribution in [0.25, 0.3) is 0 Å². The second-order valence-corrected chi connectivity index (χ2v) is 5.49. The Morgan fingerprint density at radius 3 is 2.65 bits per heavy atom. The van der Waals surface area contributed by atoms with Crippen LogP contribution >= 0.6 is 0 Å². The summed E-state index contributed by atoms with van der Waals surface area (Å²) in [5, 5.41) is 21.4. The van der Waals surface area contributed by atoms with Gasteiger partial charge in [0.25, 0.3) is 5.91 Å². The van der Waals surface area contributed by atoms with Crippen molar-refractivity contribution in [1.29, 1.82) is 0 Å². The van der Waals surface area contributed by atoms with Crippen LogP contribution < -0.4 is 5.32 Å². The molecule has 0 saturated carbocycles. The minimum atomic E-state index is -0.270. The van der Waals surface area contributed by atoms with Crippen molar-refractivity contribution in [3.8, 4) is 11.5 Å². The third-order valence-corrected chi connectivity index (χ3v) is 3.91. The largest absolute Gasteiger partial charge is 0.504 e. The molecule has 5 heteroatoms. The van der Waals surface area contributed by atoms with Gasteiger partial charge in [0, 0.05) is 12.1 Å². The third-order valence-electron chi connectivity index (χ3n) is 3.91. The zero-order valence-electron chi connectivity index (χ0n) is 11.8. The van der Waals surface area contributed by atoms with Crippen LogP contribution in [-0.4, -0.2) is 47.7 Å². The Morgan fingerprint density at radius 1 is 1.30 bits per heavy atom. The van der Waals surface area contributed by atoms with Gasteiger partial charge in [0.1, 0.15) is 0 Å². The van der Waals surface area contributed by atoms with E-state index < -0.39 is 0 Å². The van der Waals surface area contributed by atoms with Crippen molar-refractivity contribution in [1.82, 2.24) is 10.2 Å². The van der Waals surface area contributed by atoms with Crippen LogP contribution in [0, 0.1) is 5.92 Å². The zero-order chi connectivity index (χ0) is 14.5. The van der Waals surface area contributed by atoms with Crippen molar-refractivity contribution in [2.45, 2.75) is 19.3 Å². The molecule has 1 aromatic carbocycles. The molecule has 1 aliphatic rings. The van der Waals surface area contributed by atoms with E-state index in [1.807, 2.05) is 0 Å². The van der Waals surface area contributed by atoms with Crippen LogP contribution in [0.3, 0.4) is 0 Å². The first-order chi connectivity index (χ1) is 9.56. The van der Waals surface area contributed by atoms with Crippen molar-refractivity contribution in [3.63, 3.8) is 0 Å². The number of aromatic hydroxyl groups is 2. The monoisotopic (exact) mass is 278 g/mol. The molecule has 3 N–H and O–H groups in total. The fourth-order valence-electron chi connectivity index (χ4n) is 2.51. The van der Waals surface area contributed by atoms with Gasteiger partial charge in [0.15, 0.2) is 11.5 Å². The molecule has 1 heterocycles. The van der Waals surface area contributed by atoms with Gasteiger partial charge in [-0.3, -0.25) is 4.79 Å². The maximum absolute atomic E-state index is 11.9. The minimum absolute atomic E-state index is 0.215. The molecule has 5 nitrogen and oxygen atoms in total. The van der Waals surface area contributed by atoms with E-state index in [0.717, 1.165) is 19.5 Å². The summed E-state index contributed by atoms with van der Waals surface area (Å²) >= 11 is 0. The van der Waals surface area contributed by atoms with Gasteiger partial charge in [-0.05, 0) is 63.5 Å². The van der Waals surface area contributed by atoms with Crippen LogP contribution in [0.2, 0.25) is 0 Å². The first kappa shape index (κ1) is 14.7. The molecule has 1 aliphatic heterocycles. The van der Waals surface area contributed by atoms with Crippen LogP contribution in [0.5, 0.6) is 11.5 Å². The fourth-order valence-corrected chi connectivity index (χ4v) is 2.51. The number of carbonyl (C=O) groups excluding carboxylic acids is 1. The quantitative estimate of drug-likeness (QED) is 0.731. The van der Waals surface area contributed by atoms with Gasteiger partial charge in [-0.15, -0.1) is 0 Å². The van der Waals surface area contributed by atoms with Gasteiger partial charge in [0.2, 0.25) is 0 Å². The summed E-state index contributed by atoms with van der Waals surface area (Å²) in [6.45, 7) is 2.91. The van der Waals surface area contributed by atoms with E-state index in [1.165, 1.54) is 31.0 Å². The molecular formula is C15H22N2O3. The molecule has 0 atom stereocenters. The molecule has 0 spiro atoms. The van der Waals surface area contributed by atoms with Gasteiger partial charge < -0.3 is 20.4 Å². The second-order valence-electron chi connectivity index (χ2n) is 5.49. The molecule has 1 fully saturated rings. The number of carbonyl (C=O) groups is 1. The highest BCUT2D eigenvalue weighted by Gasteiger charge is 2.16. The van der Waals surface area contributed by atoms with Crippen molar-refractivity contribution < 1.29 is 15.0 Å². The van der Waals surface area contributed by atoms with E-state index in [9.17, 15) is 15.0 Å². The van der Waals surface area contributed by atoms with E-state index in [1.54, 1.807) is 0 Å². The number of hydrogen-bond acceptors (Lipinski definition) is 4. The van der Waals surface area contributed by atoms with Gasteiger partial charge in [-0.1, -0.05) is 0 Å². The van der Waals surface area contributed by atoms with Crippen LogP contribution in [-0.2, 0) is 0 Å². The number of nitrogens with one attached hydrogen (secondary N) is 1. The number of amides is 1. The fraction of sp³-hybridized carbons (Fsp3) is 0.533. The highest BCUT2D eigenvalue weighted by molar-refractivity contribution is 5.94. The lowest BCUT2D eigenvalue weighted by Crippen LogP contribution is -2.32. The predicted molar refractivity (Wildman–Crippen MR) is 76.9 cm³/mol. The van der Waals surface area contributed by atoms with E-state index in [4.69, 9.17) is 0 Å². The van der Waals surface area contributed by atoms with Crippen molar-refractivity contribution in [2.75, 3.05) is 26.7 Å². The minimum Gasteiger partial charge on any atom is -0.504 e. The van der Waals surface area contributed by atoms with Gasteiger partial charge >= 0.3 is 0 Å². The number of likely N-dealkylation sites (tertiary alicyclic amines) is 1. The normalized spacial score (nSPS) is 17.1. The molecule has 1 aromatic rings. The van der Waals surface area contributed by atoms with Gasteiger partial charge in [-0.2, -0.15) is 0 Å². The first-order valence-electron chi connectivity index (χ1n) is 7.05. The standard InChI is InChI=1S/C15H22N2O3/c1-17-8-5-11(6-9-17)4-7-16-15(20)12-2-3-13(18)14(19)10-12/h2-3,10-11,18-19H,4-9H2,1H3,(H,16,20). The molecule has 2 rings (SSSR count). The smallest absolute Gasteiger partial charge is 0.251 e. The Labute approximate surface area is 119 Å². The molecule has 0 aliphatic carbocycles. The summed E-state index contributed by atoms with van der Waals surface area (Å²) in [6.07, 6.45) is 3.36. The van der Waals surface area contributed by atoms with Gasteiger partial charge in [0.05, 0.1) is 0 Å². The number of benzene rings is 1. The Morgan fingerprint density at radius 2 is 2.00 bits per heavy atom. The van der Waals surface area contributed by atoms with Gasteiger partial charge in [-0.25, -0.2) is 0 Å². The Kier molecular flexibility index (Phi) is 4.84. The number of hydrogen-bond donors (Lipinski definition) is 3. The molecule has 0 bridgehead atoms. The summed E-state index contributed by atoms with van der Waals surface area (Å²) in [5.41, 5.74) is 0.365. The number of piperidine rings is 1. The second kappa shape index (κ2) is 6.61. The third kappa shape index (κ3) is 3.87. The molecule has 1 saturated heterocycles. The van der Waals surface area contributed by atoms with E-state index in [2.05, 4.69) is 17.3 Å². The highest BCUT2D eigenvalue weighted by atomic mass is 16.3. The molecule has 0 radical (unpaired) electrons. The van der Waals surface area contributed by atoms with E-state index in [0.29, 0.717) is 18.0 Å². The summed E-state index contributed by atoms with van der Waals surface area (Å²) < 4.78 is 0. The van der Waals surface area contributed by atoms with E-state index in [-0.39, 0.29) is 17.4 Å². The first-order valence-corrected chi connectivity index (χ1v) is 7.05. The SMILES string of the molecule is CN1CCC(CCNC(=O)c2ccc(O)c(O)c2)CC1. The molecule has 0 unspecified atom stereocenters. The number of rotatable bonds is 4. The molecule has 20 heavy (non-hydrogen) atoms. The average molecular weight is 278 g/mol. The van der Waals surface area contributed by atoms with E-state index >= 15 is 0 Å². The highest BCUT2D eigenvalue weighted by Crippen LogP contribution is 2.24. The average Bonchev–Trinajstić information content (AvgIpc) is 2.44. The summed E-state index contributed by atoms with van der Waals surface area (Å²) in [5.74, 6) is -0.0196. The Bertz CT molecular complexity index is 468. The summed E-state index contributed by atoms with van der Waals surface area (Å²) in [4.78, 5) is 14.2. The zero-order valence-corrected chi connectivity index (χ0v) is 11.8. The maximum atomic E-state index is 11.9. The lowest BCUT2D eigenvalue weighted by molar-refractivity contribution is 0.0948. The summed E-state index contributed by atoms with van der Waals surface area (Å²) in [6, 6.07) is 4.10. The predicted octanol–water partition coefficient (Wildman–Crippen LogP) is 1.56. The topological polar surface area (TPSA) is 72.8 Å². The molecular weight excluding hydrogens is 256 g/mol. The molecule has 110 valence electrons. The molecule has 0 aromatic heterocycles. The summed E-state index contributed by atoms with van der Waals surface area (Å²) in [7, 11) is 2.13. The number of phenols is 2. The van der Waals surface area contributed by atoms with Crippen molar-refractivity contribution in [3.05, 3.63) is 23.8 Å². The lowest BCUT2D eigenvalue weighted by atomic mass is 9.94.